The molecule has 13 atom stereocenters. The van der Waals surface area contributed by atoms with Crippen molar-refractivity contribution >= 4 is 17.8 Å². The van der Waals surface area contributed by atoms with Crippen LogP contribution in [0.3, 0.4) is 0 Å². The molecule has 2 N–H and O–H groups in total. The number of nitrogens with zero attached hydrogens (tertiary/aromatic N) is 7. The SMILES string of the molecule is CC[C@H]1OC(=O)[C@H](C)C(=O)[C@@H](C)[C@@H](O[C@@H]2O[C@H](C)CC(N(C)C)C2O)[C@](C)(OC)C[C@@H](C)CN[C@H](C)[C@H]2N(CCCCn3cc(-c4cccnn4)nn3)C(=O)O[C@]12C. The Bertz CT molecular complexity index is 1680. The number of cyclic esters (lactones) is 1. The van der Waals surface area contributed by atoms with Crippen molar-refractivity contribution in [2.45, 2.75) is 154 Å². The number of esters is 1. The summed E-state index contributed by atoms with van der Waals surface area (Å²) in [6, 6.07) is 2.57. The molecule has 324 valence electrons. The maximum absolute atomic E-state index is 14.4. The number of Topliss-reactive ketones (excluding diaryl/α,β-unsaturated/α-hetero) is 1. The van der Waals surface area contributed by atoms with E-state index in [1.807, 2.05) is 65.9 Å². The van der Waals surface area contributed by atoms with Crippen molar-refractivity contribution in [1.29, 1.82) is 0 Å². The highest BCUT2D eigenvalue weighted by molar-refractivity contribution is 6.00. The van der Waals surface area contributed by atoms with Crippen LogP contribution in [0.1, 0.15) is 87.5 Å². The van der Waals surface area contributed by atoms with Crippen LogP contribution in [0.25, 0.3) is 11.4 Å². The Morgan fingerprint density at radius 2 is 1.78 bits per heavy atom. The molecule has 0 aliphatic carbocycles. The van der Waals surface area contributed by atoms with Crippen molar-refractivity contribution in [2.75, 3.05) is 34.3 Å². The van der Waals surface area contributed by atoms with Crippen LogP contribution in [-0.2, 0) is 39.8 Å². The number of methoxy groups -OCH3 is 1. The first-order valence-electron chi connectivity index (χ1n) is 20.8. The summed E-state index contributed by atoms with van der Waals surface area (Å²) in [5.41, 5.74) is -1.02. The van der Waals surface area contributed by atoms with Gasteiger partial charge in [-0.3, -0.25) is 19.2 Å². The number of fused-ring (bicyclic) bond motifs is 1. The number of ketones is 1. The molecule has 17 heteroatoms. The average molecular weight is 815 g/mol. The van der Waals surface area contributed by atoms with Gasteiger partial charge < -0.3 is 39.0 Å². The molecule has 0 saturated carbocycles. The second kappa shape index (κ2) is 19.2. The van der Waals surface area contributed by atoms with Crippen LogP contribution >= 0.6 is 0 Å². The Morgan fingerprint density at radius 1 is 1.05 bits per heavy atom. The van der Waals surface area contributed by atoms with Crippen LogP contribution in [0.5, 0.6) is 0 Å². The Hall–Kier alpha value is -3.61. The van der Waals surface area contributed by atoms with E-state index in [1.165, 1.54) is 6.92 Å². The number of nitrogens with one attached hydrogen (secondary N) is 1. The van der Waals surface area contributed by atoms with Gasteiger partial charge in [-0.25, -0.2) is 4.79 Å². The lowest BCUT2D eigenvalue weighted by atomic mass is 9.78. The summed E-state index contributed by atoms with van der Waals surface area (Å²) < 4.78 is 33.2. The predicted octanol–water partition coefficient (Wildman–Crippen LogP) is 3.49. The number of rotatable bonds is 11. The minimum absolute atomic E-state index is 0.0129. The first-order chi connectivity index (χ1) is 27.4. The van der Waals surface area contributed by atoms with Gasteiger partial charge in [0.25, 0.3) is 0 Å². The molecule has 3 fully saturated rings. The van der Waals surface area contributed by atoms with E-state index in [0.717, 1.165) is 0 Å². The van der Waals surface area contributed by atoms with Gasteiger partial charge in [0.15, 0.2) is 17.7 Å². The summed E-state index contributed by atoms with van der Waals surface area (Å²) in [7, 11) is 5.39. The summed E-state index contributed by atoms with van der Waals surface area (Å²) in [6.07, 6.45) is 1.71. The number of aliphatic hydroxyl groups is 1. The molecule has 0 radical (unpaired) electrons. The van der Waals surface area contributed by atoms with E-state index in [1.54, 1.807) is 35.9 Å². The van der Waals surface area contributed by atoms with Gasteiger partial charge in [0.1, 0.15) is 29.5 Å². The average Bonchev–Trinajstić information content (AvgIpc) is 3.77. The van der Waals surface area contributed by atoms with E-state index >= 15 is 0 Å². The van der Waals surface area contributed by atoms with Crippen molar-refractivity contribution < 1.29 is 43.2 Å². The number of hydrogen-bond donors (Lipinski definition) is 2. The third kappa shape index (κ3) is 9.87. The van der Waals surface area contributed by atoms with Crippen LogP contribution in [0.4, 0.5) is 4.79 Å². The van der Waals surface area contributed by atoms with Crippen LogP contribution in [0.15, 0.2) is 24.5 Å². The van der Waals surface area contributed by atoms with Crippen molar-refractivity contribution in [3.8, 4) is 11.4 Å². The van der Waals surface area contributed by atoms with Gasteiger partial charge >= 0.3 is 12.1 Å². The molecule has 2 aromatic heterocycles. The number of ether oxygens (including phenoxy) is 5. The standard InChI is InChI=1S/C41H66N8O9/c1-12-32-41(8)35(49(39(53)58-41)19-14-13-18-48-23-30(45-46-48)29-16-15-17-43-44-29)28(6)42-22-24(2)21-40(7,54-11)36(26(4)33(50)27(5)37(52)56-32)57-38-34(51)31(47(9)10)20-25(3)55-38/h15-17,23-28,31-32,34-36,38,42,51H,12-14,18-22H2,1-11H3/t24-,25-,26-,27-,28-,31?,32-,34?,35-,36-,38+,40-,41-/m1/s1. The summed E-state index contributed by atoms with van der Waals surface area (Å²) in [5, 5.41) is 31.6. The first-order valence-corrected chi connectivity index (χ1v) is 20.8. The van der Waals surface area contributed by atoms with E-state index in [-0.39, 0.29) is 24.1 Å². The normalized spacial score (nSPS) is 36.9. The maximum Gasteiger partial charge on any atom is 0.410 e. The number of unbranched alkanes of at least 4 members (excludes halogenated alkanes) is 1. The fraction of sp³-hybridized carbons (Fsp3) is 0.780. The lowest BCUT2D eigenvalue weighted by Gasteiger charge is -2.46. The molecule has 3 aliphatic rings. The molecule has 5 heterocycles. The van der Waals surface area contributed by atoms with Gasteiger partial charge in [-0.1, -0.05) is 26.0 Å². The van der Waals surface area contributed by atoms with Gasteiger partial charge in [-0.05, 0) is 105 Å². The smallest absolute Gasteiger partial charge is 0.410 e. The van der Waals surface area contributed by atoms with E-state index in [0.29, 0.717) is 63.1 Å². The molecule has 5 rings (SSSR count). The van der Waals surface area contributed by atoms with Gasteiger partial charge in [-0.15, -0.1) is 10.2 Å². The molecular weight excluding hydrogens is 748 g/mol. The summed E-state index contributed by atoms with van der Waals surface area (Å²) in [5.74, 6) is -3.17. The number of aryl methyl sites for hydroxylation is 1. The van der Waals surface area contributed by atoms with Crippen molar-refractivity contribution in [2.24, 2.45) is 17.8 Å². The van der Waals surface area contributed by atoms with Gasteiger partial charge in [0.05, 0.1) is 30.0 Å². The first kappa shape index (κ1) is 45.5. The summed E-state index contributed by atoms with van der Waals surface area (Å²) in [4.78, 5) is 45.8. The molecule has 0 bridgehead atoms. The molecule has 17 nitrogen and oxygen atoms in total. The quantitative estimate of drug-likeness (QED) is 0.190. The number of carbonyl (C=O) groups is 3. The van der Waals surface area contributed by atoms with Gasteiger partial charge in [0, 0.05) is 44.4 Å². The predicted molar refractivity (Wildman–Crippen MR) is 213 cm³/mol. The summed E-state index contributed by atoms with van der Waals surface area (Å²) in [6.45, 7) is 16.4. The summed E-state index contributed by atoms with van der Waals surface area (Å²) >= 11 is 0. The second-order valence-electron chi connectivity index (χ2n) is 17.3. The van der Waals surface area contributed by atoms with Crippen LogP contribution in [0, 0.1) is 17.8 Å². The number of amides is 1. The third-order valence-electron chi connectivity index (χ3n) is 12.5. The minimum Gasteiger partial charge on any atom is -0.458 e. The molecule has 0 spiro atoms. The monoisotopic (exact) mass is 814 g/mol. The molecule has 2 aromatic rings. The molecule has 2 unspecified atom stereocenters. The molecule has 58 heavy (non-hydrogen) atoms. The van der Waals surface area contributed by atoms with E-state index in [4.69, 9.17) is 23.7 Å². The fourth-order valence-corrected chi connectivity index (χ4v) is 9.18. The Balaban J connectivity index is 1.38. The van der Waals surface area contributed by atoms with E-state index in [9.17, 15) is 19.5 Å². The van der Waals surface area contributed by atoms with Crippen LogP contribution < -0.4 is 5.32 Å². The molecular formula is C41H66N8O9. The molecule has 3 saturated heterocycles. The molecule has 0 aromatic carbocycles. The zero-order valence-corrected chi connectivity index (χ0v) is 36.2. The second-order valence-corrected chi connectivity index (χ2v) is 17.3. The van der Waals surface area contributed by atoms with Crippen molar-refractivity contribution in [3.63, 3.8) is 0 Å². The highest BCUT2D eigenvalue weighted by Crippen LogP contribution is 2.40. The molecule has 3 aliphatic heterocycles. The number of carbonyl (C=O) groups excluding carboxylic acids is 3. The number of aliphatic hydroxyl groups excluding tert-OH is 1. The van der Waals surface area contributed by atoms with Crippen LogP contribution in [-0.4, -0.2) is 152 Å². The Labute approximate surface area is 342 Å². The molecule has 1 amide bonds. The Kier molecular flexibility index (Phi) is 15.0. The van der Waals surface area contributed by atoms with Gasteiger partial charge in [-0.2, -0.15) is 5.10 Å². The fourth-order valence-electron chi connectivity index (χ4n) is 9.18. The number of aromatic nitrogens is 5. The van der Waals surface area contributed by atoms with Gasteiger partial charge in [0.2, 0.25) is 0 Å². The lowest BCUT2D eigenvalue weighted by molar-refractivity contribution is -0.295. The minimum atomic E-state index is -1.23. The Morgan fingerprint density at radius 3 is 2.43 bits per heavy atom. The lowest BCUT2D eigenvalue weighted by Crippen LogP contribution is -2.61. The third-order valence-corrected chi connectivity index (χ3v) is 12.5. The maximum atomic E-state index is 14.4. The number of likely N-dealkylation sites (N-methyl/N-ethyl adjacent to an activating group) is 1. The van der Waals surface area contributed by atoms with E-state index in [2.05, 4.69) is 32.7 Å². The van der Waals surface area contributed by atoms with Crippen molar-refractivity contribution in [3.05, 3.63) is 24.5 Å². The highest BCUT2D eigenvalue weighted by atomic mass is 16.7. The topological polar surface area (TPSA) is 193 Å². The zero-order valence-electron chi connectivity index (χ0n) is 36.2. The highest BCUT2D eigenvalue weighted by Gasteiger charge is 2.58. The number of hydrogen-bond acceptors (Lipinski definition) is 15. The van der Waals surface area contributed by atoms with Crippen molar-refractivity contribution in [1.82, 2.24) is 40.3 Å². The zero-order chi connectivity index (χ0) is 42.5. The van der Waals surface area contributed by atoms with E-state index < -0.39 is 71.5 Å². The largest absolute Gasteiger partial charge is 0.458 e. The van der Waals surface area contributed by atoms with Crippen LogP contribution in [0.2, 0.25) is 0 Å².